The lowest BCUT2D eigenvalue weighted by atomic mass is 10.2. The van der Waals surface area contributed by atoms with Crippen LogP contribution in [0.25, 0.3) is 0 Å². The molecule has 0 spiro atoms. The second-order valence-electron chi connectivity index (χ2n) is 4.74. The highest BCUT2D eigenvalue weighted by Crippen LogP contribution is 2.21. The van der Waals surface area contributed by atoms with Gasteiger partial charge < -0.3 is 10.1 Å². The fourth-order valence-electron chi connectivity index (χ4n) is 1.75. The summed E-state index contributed by atoms with van der Waals surface area (Å²) in [6.07, 6.45) is 0.765. The molecule has 8 heteroatoms. The molecule has 0 saturated carbocycles. The fourth-order valence-corrected chi connectivity index (χ4v) is 2.50. The molecule has 0 saturated heterocycles. The van der Waals surface area contributed by atoms with Crippen molar-refractivity contribution in [2.75, 3.05) is 12.4 Å². The number of ether oxygens (including phenoxy) is 1. The average Bonchev–Trinajstić information content (AvgIpc) is 3.02. The van der Waals surface area contributed by atoms with E-state index in [4.69, 9.17) is 0 Å². The molecule has 0 bridgehead atoms. The normalized spacial score (nSPS) is 11.8. The molecule has 1 heterocycles. The number of rotatable bonds is 6. The summed E-state index contributed by atoms with van der Waals surface area (Å²) in [6.45, 7) is 3.76. The van der Waals surface area contributed by atoms with Crippen LogP contribution in [-0.2, 0) is 16.0 Å². The van der Waals surface area contributed by atoms with Gasteiger partial charge in [0.25, 0.3) is 0 Å². The number of carbonyl (C=O) groups excluding carboxylic acids is 2. The molecular formula is C15H18N4O3S. The zero-order valence-electron chi connectivity index (χ0n) is 13.1. The molecule has 0 aliphatic carbocycles. The van der Waals surface area contributed by atoms with Crippen LogP contribution in [0.5, 0.6) is 0 Å². The van der Waals surface area contributed by atoms with Crippen molar-refractivity contribution in [3.63, 3.8) is 0 Å². The Morgan fingerprint density at radius 2 is 2.04 bits per heavy atom. The second kappa shape index (κ2) is 7.77. The number of aromatic amines is 1. The van der Waals surface area contributed by atoms with Crippen molar-refractivity contribution in [2.45, 2.75) is 30.7 Å². The number of aromatic nitrogens is 3. The van der Waals surface area contributed by atoms with E-state index in [0.717, 1.165) is 12.2 Å². The third kappa shape index (κ3) is 4.56. The molecule has 122 valence electrons. The van der Waals surface area contributed by atoms with Crippen LogP contribution in [0.4, 0.5) is 5.69 Å². The third-order valence-electron chi connectivity index (χ3n) is 3.07. The Labute approximate surface area is 138 Å². The van der Waals surface area contributed by atoms with Crippen molar-refractivity contribution in [2.24, 2.45) is 0 Å². The molecule has 0 unspecified atom stereocenters. The van der Waals surface area contributed by atoms with Crippen LogP contribution in [-0.4, -0.2) is 39.4 Å². The van der Waals surface area contributed by atoms with E-state index in [1.54, 1.807) is 31.2 Å². The fraction of sp³-hybridized carbons (Fsp3) is 0.333. The number of hydrogen-bond acceptors (Lipinski definition) is 6. The highest BCUT2D eigenvalue weighted by atomic mass is 32.2. The minimum absolute atomic E-state index is 0.163. The van der Waals surface area contributed by atoms with E-state index in [9.17, 15) is 9.59 Å². The maximum Gasteiger partial charge on any atom is 0.337 e. The Morgan fingerprint density at radius 3 is 2.61 bits per heavy atom. The number of carbonyl (C=O) groups is 2. The third-order valence-corrected chi connectivity index (χ3v) is 4.03. The minimum Gasteiger partial charge on any atom is -0.465 e. The number of methoxy groups -OCH3 is 1. The highest BCUT2D eigenvalue weighted by Gasteiger charge is 2.17. The topological polar surface area (TPSA) is 97.0 Å². The molecule has 0 aliphatic rings. The van der Waals surface area contributed by atoms with Gasteiger partial charge in [-0.25, -0.2) is 9.78 Å². The first kappa shape index (κ1) is 17.0. The van der Waals surface area contributed by atoms with Crippen molar-refractivity contribution < 1.29 is 14.3 Å². The molecule has 0 aliphatic heterocycles. The number of aryl methyl sites for hydroxylation is 1. The van der Waals surface area contributed by atoms with Gasteiger partial charge in [-0.2, -0.15) is 0 Å². The van der Waals surface area contributed by atoms with Gasteiger partial charge in [-0.05, 0) is 31.2 Å². The smallest absolute Gasteiger partial charge is 0.337 e. The lowest BCUT2D eigenvalue weighted by Gasteiger charge is -2.10. The van der Waals surface area contributed by atoms with Crippen LogP contribution in [0.15, 0.2) is 29.4 Å². The summed E-state index contributed by atoms with van der Waals surface area (Å²) in [5.74, 6) is 0.213. The Morgan fingerprint density at radius 1 is 1.35 bits per heavy atom. The van der Waals surface area contributed by atoms with E-state index in [2.05, 4.69) is 25.2 Å². The Kier molecular flexibility index (Phi) is 5.75. The largest absolute Gasteiger partial charge is 0.465 e. The van der Waals surface area contributed by atoms with Crippen LogP contribution in [0, 0.1) is 0 Å². The van der Waals surface area contributed by atoms with Gasteiger partial charge >= 0.3 is 5.97 Å². The van der Waals surface area contributed by atoms with E-state index < -0.39 is 5.97 Å². The van der Waals surface area contributed by atoms with Gasteiger partial charge in [0.15, 0.2) is 0 Å². The van der Waals surface area contributed by atoms with E-state index in [0.29, 0.717) is 16.4 Å². The summed E-state index contributed by atoms with van der Waals surface area (Å²) in [4.78, 5) is 27.8. The molecule has 23 heavy (non-hydrogen) atoms. The molecule has 0 fully saturated rings. The first-order valence-electron chi connectivity index (χ1n) is 7.10. The lowest BCUT2D eigenvalue weighted by Crippen LogP contribution is -2.22. The van der Waals surface area contributed by atoms with Crippen molar-refractivity contribution in [3.05, 3.63) is 35.7 Å². The molecule has 1 aromatic carbocycles. The zero-order chi connectivity index (χ0) is 16.8. The number of nitrogens with zero attached hydrogens (tertiary/aromatic N) is 2. The predicted octanol–water partition coefficient (Wildman–Crippen LogP) is 2.27. The van der Waals surface area contributed by atoms with Crippen molar-refractivity contribution in [1.82, 2.24) is 15.2 Å². The highest BCUT2D eigenvalue weighted by molar-refractivity contribution is 8.00. The Balaban J connectivity index is 1.93. The van der Waals surface area contributed by atoms with Gasteiger partial charge in [0, 0.05) is 12.1 Å². The SMILES string of the molecule is CCc1nc(S[C@@H](C)C(=O)Nc2ccc(C(=O)OC)cc2)n[nH]1. The molecular weight excluding hydrogens is 316 g/mol. The molecule has 1 atom stereocenters. The van der Waals surface area contributed by atoms with Crippen molar-refractivity contribution in [1.29, 1.82) is 0 Å². The number of H-pyrrole nitrogens is 1. The summed E-state index contributed by atoms with van der Waals surface area (Å²) in [5, 5.41) is 9.85. The first-order valence-corrected chi connectivity index (χ1v) is 7.98. The molecule has 2 rings (SSSR count). The average molecular weight is 334 g/mol. The molecule has 2 N–H and O–H groups in total. The van der Waals surface area contributed by atoms with Gasteiger partial charge in [0.1, 0.15) is 5.82 Å². The predicted molar refractivity (Wildman–Crippen MR) is 87.5 cm³/mol. The van der Waals surface area contributed by atoms with Crippen LogP contribution in [0.2, 0.25) is 0 Å². The van der Waals surface area contributed by atoms with Crippen LogP contribution >= 0.6 is 11.8 Å². The molecule has 1 aromatic heterocycles. The zero-order valence-corrected chi connectivity index (χ0v) is 13.9. The Hall–Kier alpha value is -2.35. The number of hydrogen-bond donors (Lipinski definition) is 2. The lowest BCUT2D eigenvalue weighted by molar-refractivity contribution is -0.115. The number of nitrogens with one attached hydrogen (secondary N) is 2. The van der Waals surface area contributed by atoms with E-state index >= 15 is 0 Å². The maximum absolute atomic E-state index is 12.2. The van der Waals surface area contributed by atoms with E-state index in [-0.39, 0.29) is 11.2 Å². The summed E-state index contributed by atoms with van der Waals surface area (Å²) < 4.78 is 4.63. The monoisotopic (exact) mass is 334 g/mol. The summed E-state index contributed by atoms with van der Waals surface area (Å²) >= 11 is 1.28. The van der Waals surface area contributed by atoms with Crippen LogP contribution in [0.1, 0.15) is 30.0 Å². The maximum atomic E-state index is 12.2. The van der Waals surface area contributed by atoms with Gasteiger partial charge in [-0.3, -0.25) is 9.89 Å². The van der Waals surface area contributed by atoms with E-state index in [1.165, 1.54) is 18.9 Å². The van der Waals surface area contributed by atoms with Gasteiger partial charge in [-0.15, -0.1) is 5.10 Å². The number of thioether (sulfide) groups is 1. The molecule has 1 amide bonds. The van der Waals surface area contributed by atoms with Crippen LogP contribution < -0.4 is 5.32 Å². The summed E-state index contributed by atoms with van der Waals surface area (Å²) in [7, 11) is 1.32. The molecule has 2 aromatic rings. The van der Waals surface area contributed by atoms with Gasteiger partial charge in [0.05, 0.1) is 17.9 Å². The second-order valence-corrected chi connectivity index (χ2v) is 6.04. The quantitative estimate of drug-likeness (QED) is 0.621. The Bertz CT molecular complexity index is 684. The molecule has 7 nitrogen and oxygen atoms in total. The van der Waals surface area contributed by atoms with Crippen LogP contribution in [0.3, 0.4) is 0 Å². The van der Waals surface area contributed by atoms with Gasteiger partial charge in [0.2, 0.25) is 11.1 Å². The number of amides is 1. The number of benzene rings is 1. The standard InChI is InChI=1S/C15H18N4O3S/c1-4-12-17-15(19-18-12)23-9(2)13(20)16-11-7-5-10(6-8-11)14(21)22-3/h5-9H,4H2,1-3H3,(H,16,20)(H,17,18,19)/t9-/m0/s1. The number of esters is 1. The minimum atomic E-state index is -0.414. The van der Waals surface area contributed by atoms with Gasteiger partial charge in [-0.1, -0.05) is 18.7 Å². The van der Waals surface area contributed by atoms with E-state index in [1.807, 2.05) is 6.92 Å². The molecule has 0 radical (unpaired) electrons. The number of anilines is 1. The van der Waals surface area contributed by atoms with Crippen molar-refractivity contribution >= 4 is 29.3 Å². The summed E-state index contributed by atoms with van der Waals surface area (Å²) in [5.41, 5.74) is 1.04. The summed E-state index contributed by atoms with van der Waals surface area (Å²) in [6, 6.07) is 6.51. The van der Waals surface area contributed by atoms with Crippen molar-refractivity contribution in [3.8, 4) is 0 Å². The first-order chi connectivity index (χ1) is 11.0.